The first-order valence-corrected chi connectivity index (χ1v) is 9.93. The lowest BCUT2D eigenvalue weighted by atomic mass is 9.90. The number of nitrogens with one attached hydrogen (secondary N) is 1. The Hall–Kier alpha value is -2.85. The molecule has 0 aromatic heterocycles. The van der Waals surface area contributed by atoms with Gasteiger partial charge >= 0.3 is 6.09 Å². The van der Waals surface area contributed by atoms with Crippen LogP contribution in [0, 0.1) is 5.92 Å². The minimum absolute atomic E-state index is 0.248. The van der Waals surface area contributed by atoms with Crippen molar-refractivity contribution >= 4 is 22.6 Å². The Morgan fingerprint density at radius 1 is 1.11 bits per heavy atom. The zero-order valence-electron chi connectivity index (χ0n) is 16.1. The lowest BCUT2D eigenvalue weighted by Gasteiger charge is -2.33. The number of rotatable bonds is 5. The average molecular weight is 374 g/mol. The Morgan fingerprint density at radius 3 is 2.71 bits per heavy atom. The predicted octanol–water partition coefficient (Wildman–Crippen LogP) is 5.24. The molecule has 0 aliphatic carbocycles. The highest BCUT2D eigenvalue weighted by Gasteiger charge is 2.27. The van der Waals surface area contributed by atoms with Crippen LogP contribution in [0.2, 0.25) is 0 Å². The molecule has 1 aliphatic heterocycles. The standard InChI is InChI=1S/C24H26N2O2/c1-17(21-11-6-9-19-7-2-4-10-22(19)21)25-14-13-18-15-20-8-3-5-12-23(20)26(16-18)24(27)28/h2-12,17-18,25H,13-16H2,1H3,(H,27,28)/t17-,18?/m1/s1. The van der Waals surface area contributed by atoms with Crippen molar-refractivity contribution in [1.29, 1.82) is 0 Å². The number of nitrogens with zero attached hydrogens (tertiary/aromatic N) is 1. The number of fused-ring (bicyclic) bond motifs is 2. The first-order valence-electron chi connectivity index (χ1n) is 9.93. The Kier molecular flexibility index (Phi) is 5.31. The van der Waals surface area contributed by atoms with Gasteiger partial charge in [-0.1, -0.05) is 60.7 Å². The molecule has 0 spiro atoms. The van der Waals surface area contributed by atoms with Gasteiger partial charge in [-0.25, -0.2) is 4.79 Å². The fraction of sp³-hybridized carbons (Fsp3) is 0.292. The molecular weight excluding hydrogens is 348 g/mol. The molecule has 3 aromatic rings. The molecule has 144 valence electrons. The molecular formula is C24H26N2O2. The molecule has 0 saturated carbocycles. The van der Waals surface area contributed by atoms with Crippen LogP contribution in [0.4, 0.5) is 10.5 Å². The van der Waals surface area contributed by atoms with E-state index in [-0.39, 0.29) is 6.04 Å². The van der Waals surface area contributed by atoms with E-state index in [1.807, 2.05) is 24.3 Å². The third-order valence-corrected chi connectivity index (χ3v) is 5.76. The molecule has 0 fully saturated rings. The van der Waals surface area contributed by atoms with Gasteiger partial charge in [-0.2, -0.15) is 0 Å². The maximum Gasteiger partial charge on any atom is 0.411 e. The highest BCUT2D eigenvalue weighted by molar-refractivity contribution is 5.88. The minimum atomic E-state index is -0.866. The second-order valence-electron chi connectivity index (χ2n) is 7.62. The van der Waals surface area contributed by atoms with E-state index in [9.17, 15) is 9.90 Å². The Labute approximate surface area is 165 Å². The summed E-state index contributed by atoms with van der Waals surface area (Å²) in [6, 6.07) is 23.0. The Bertz CT molecular complexity index is 980. The van der Waals surface area contributed by atoms with Gasteiger partial charge in [0.25, 0.3) is 0 Å². The number of hydrogen-bond donors (Lipinski definition) is 2. The number of carbonyl (C=O) groups is 1. The molecule has 0 radical (unpaired) electrons. The van der Waals surface area contributed by atoms with Crippen LogP contribution >= 0.6 is 0 Å². The van der Waals surface area contributed by atoms with E-state index in [4.69, 9.17) is 0 Å². The van der Waals surface area contributed by atoms with Crippen LogP contribution in [0.5, 0.6) is 0 Å². The van der Waals surface area contributed by atoms with Crippen molar-refractivity contribution in [3.05, 3.63) is 77.9 Å². The second-order valence-corrected chi connectivity index (χ2v) is 7.62. The fourth-order valence-electron chi connectivity index (χ4n) is 4.30. The van der Waals surface area contributed by atoms with Gasteiger partial charge in [-0.15, -0.1) is 0 Å². The predicted molar refractivity (Wildman–Crippen MR) is 114 cm³/mol. The molecule has 0 saturated heterocycles. The van der Waals surface area contributed by atoms with Crippen molar-refractivity contribution in [2.75, 3.05) is 18.0 Å². The molecule has 0 bridgehead atoms. The van der Waals surface area contributed by atoms with Gasteiger partial charge in [0, 0.05) is 12.6 Å². The van der Waals surface area contributed by atoms with Crippen molar-refractivity contribution in [2.24, 2.45) is 5.92 Å². The van der Waals surface area contributed by atoms with Crippen molar-refractivity contribution in [3.63, 3.8) is 0 Å². The minimum Gasteiger partial charge on any atom is -0.465 e. The zero-order valence-corrected chi connectivity index (χ0v) is 16.1. The summed E-state index contributed by atoms with van der Waals surface area (Å²) in [5, 5.41) is 15.8. The number of para-hydroxylation sites is 1. The van der Waals surface area contributed by atoms with Gasteiger partial charge in [-0.3, -0.25) is 4.90 Å². The first kappa shape index (κ1) is 18.5. The number of carboxylic acid groups (broad SMARTS) is 1. The lowest BCUT2D eigenvalue weighted by Crippen LogP contribution is -2.40. The van der Waals surface area contributed by atoms with E-state index in [1.54, 1.807) is 0 Å². The maximum absolute atomic E-state index is 11.7. The van der Waals surface area contributed by atoms with Gasteiger partial charge in [0.05, 0.1) is 5.69 Å². The van der Waals surface area contributed by atoms with Crippen molar-refractivity contribution in [3.8, 4) is 0 Å². The summed E-state index contributed by atoms with van der Waals surface area (Å²) in [6.45, 7) is 3.63. The van der Waals surface area contributed by atoms with Gasteiger partial charge in [0.1, 0.15) is 0 Å². The molecule has 4 heteroatoms. The number of benzene rings is 3. The fourth-order valence-corrected chi connectivity index (χ4v) is 4.30. The molecule has 1 amide bonds. The summed E-state index contributed by atoms with van der Waals surface area (Å²) in [5.41, 5.74) is 3.27. The normalized spacial score (nSPS) is 17.3. The Balaban J connectivity index is 1.40. The van der Waals surface area contributed by atoms with Crippen LogP contribution in [0.3, 0.4) is 0 Å². The van der Waals surface area contributed by atoms with E-state index in [2.05, 4.69) is 54.7 Å². The molecule has 4 nitrogen and oxygen atoms in total. The van der Waals surface area contributed by atoms with Crippen LogP contribution in [0.1, 0.15) is 30.5 Å². The summed E-state index contributed by atoms with van der Waals surface area (Å²) < 4.78 is 0. The number of hydrogen-bond acceptors (Lipinski definition) is 2. The van der Waals surface area contributed by atoms with Crippen LogP contribution in [0.15, 0.2) is 66.7 Å². The van der Waals surface area contributed by atoms with Gasteiger partial charge in [0.2, 0.25) is 0 Å². The first-order chi connectivity index (χ1) is 13.6. The smallest absolute Gasteiger partial charge is 0.411 e. The third kappa shape index (κ3) is 3.73. The molecule has 2 N–H and O–H groups in total. The zero-order chi connectivity index (χ0) is 19.5. The highest BCUT2D eigenvalue weighted by atomic mass is 16.4. The highest BCUT2D eigenvalue weighted by Crippen LogP contribution is 2.31. The summed E-state index contributed by atoms with van der Waals surface area (Å²) in [4.78, 5) is 13.2. The molecule has 3 aromatic carbocycles. The molecule has 2 atom stereocenters. The van der Waals surface area contributed by atoms with Crippen LogP contribution < -0.4 is 10.2 Å². The van der Waals surface area contributed by atoms with Crippen LogP contribution in [0.25, 0.3) is 10.8 Å². The molecule has 1 heterocycles. The topological polar surface area (TPSA) is 52.6 Å². The molecule has 28 heavy (non-hydrogen) atoms. The average Bonchev–Trinajstić information content (AvgIpc) is 2.72. The number of amides is 1. The monoisotopic (exact) mass is 374 g/mol. The number of anilines is 1. The van der Waals surface area contributed by atoms with E-state index in [0.717, 1.165) is 30.6 Å². The summed E-state index contributed by atoms with van der Waals surface area (Å²) in [7, 11) is 0. The van der Waals surface area contributed by atoms with Gasteiger partial charge in [0.15, 0.2) is 0 Å². The SMILES string of the molecule is C[C@@H](NCCC1Cc2ccccc2N(C(=O)O)C1)c1cccc2ccccc12. The molecule has 1 unspecified atom stereocenters. The quantitative estimate of drug-likeness (QED) is 0.642. The van der Waals surface area contributed by atoms with Crippen molar-refractivity contribution in [1.82, 2.24) is 5.32 Å². The largest absolute Gasteiger partial charge is 0.465 e. The maximum atomic E-state index is 11.7. The van der Waals surface area contributed by atoms with E-state index in [0.29, 0.717) is 12.5 Å². The summed E-state index contributed by atoms with van der Waals surface area (Å²) in [6.07, 6.45) is 1.02. The summed E-state index contributed by atoms with van der Waals surface area (Å²) in [5.74, 6) is 0.332. The Morgan fingerprint density at radius 2 is 1.86 bits per heavy atom. The summed E-state index contributed by atoms with van der Waals surface area (Å²) >= 11 is 0. The van der Waals surface area contributed by atoms with Gasteiger partial charge in [-0.05, 0) is 60.2 Å². The van der Waals surface area contributed by atoms with Crippen molar-refractivity contribution < 1.29 is 9.90 Å². The van der Waals surface area contributed by atoms with Crippen LogP contribution in [-0.2, 0) is 6.42 Å². The van der Waals surface area contributed by atoms with E-state index < -0.39 is 6.09 Å². The molecule has 4 rings (SSSR count). The van der Waals surface area contributed by atoms with Crippen LogP contribution in [-0.4, -0.2) is 24.3 Å². The van der Waals surface area contributed by atoms with Crippen molar-refractivity contribution in [2.45, 2.75) is 25.8 Å². The third-order valence-electron chi connectivity index (χ3n) is 5.76. The second kappa shape index (κ2) is 8.03. The molecule has 1 aliphatic rings. The van der Waals surface area contributed by atoms with E-state index >= 15 is 0 Å². The van der Waals surface area contributed by atoms with E-state index in [1.165, 1.54) is 21.2 Å². The lowest BCUT2D eigenvalue weighted by molar-refractivity contribution is 0.199. The van der Waals surface area contributed by atoms with Gasteiger partial charge < -0.3 is 10.4 Å².